The molecule has 5 nitrogen and oxygen atoms in total. The van der Waals surface area contributed by atoms with Gasteiger partial charge in [0.25, 0.3) is 0 Å². The second-order valence-corrected chi connectivity index (χ2v) is 3.67. The number of hydrogen-bond acceptors (Lipinski definition) is 4. The molecule has 0 heterocycles. The van der Waals surface area contributed by atoms with Crippen LogP contribution >= 0.6 is 11.6 Å². The Hall–Kier alpha value is -1.75. The van der Waals surface area contributed by atoms with Crippen molar-refractivity contribution in [2.24, 2.45) is 0 Å². The van der Waals surface area contributed by atoms with Gasteiger partial charge in [0.05, 0.1) is 12.3 Å². The predicted octanol–water partition coefficient (Wildman–Crippen LogP) is 1.65. The molecule has 1 aromatic rings. The zero-order chi connectivity index (χ0) is 12.8. The van der Waals surface area contributed by atoms with Crippen LogP contribution in [0.25, 0.3) is 0 Å². The van der Waals surface area contributed by atoms with Crippen molar-refractivity contribution in [3.05, 3.63) is 28.8 Å². The van der Waals surface area contributed by atoms with Gasteiger partial charge < -0.3 is 4.74 Å². The summed E-state index contributed by atoms with van der Waals surface area (Å²) in [6.07, 6.45) is 0. The molecule has 0 bridgehead atoms. The molecule has 1 aromatic carbocycles. The van der Waals surface area contributed by atoms with E-state index in [1.807, 2.05) is 6.92 Å². The highest BCUT2D eigenvalue weighted by Crippen LogP contribution is 2.19. The molecule has 1 amide bonds. The number of aryl methyl sites for hydroxylation is 1. The Morgan fingerprint density at radius 2 is 2.12 bits per heavy atom. The highest BCUT2D eigenvalue weighted by Gasteiger charge is 2.13. The molecule has 0 saturated heterocycles. The highest BCUT2D eigenvalue weighted by molar-refractivity contribution is 6.33. The molecule has 6 heteroatoms. The van der Waals surface area contributed by atoms with Gasteiger partial charge in [-0.25, -0.2) is 4.79 Å². The second-order valence-electron chi connectivity index (χ2n) is 3.26. The maximum Gasteiger partial charge on any atom is 0.398 e. The summed E-state index contributed by atoms with van der Waals surface area (Å²) in [4.78, 5) is 22.2. The van der Waals surface area contributed by atoms with Crippen LogP contribution in [0.2, 0.25) is 5.02 Å². The van der Waals surface area contributed by atoms with Crippen LogP contribution in [0.1, 0.15) is 12.5 Å². The van der Waals surface area contributed by atoms with Gasteiger partial charge in [0.15, 0.2) is 0 Å². The summed E-state index contributed by atoms with van der Waals surface area (Å²) in [5.74, 6) is -1.79. The zero-order valence-corrected chi connectivity index (χ0v) is 10.3. The van der Waals surface area contributed by atoms with Crippen LogP contribution in [0.4, 0.5) is 5.69 Å². The molecule has 0 fully saturated rings. The van der Waals surface area contributed by atoms with Gasteiger partial charge in [-0.1, -0.05) is 17.7 Å². The predicted molar refractivity (Wildman–Crippen MR) is 64.6 cm³/mol. The Labute approximate surface area is 104 Å². The van der Waals surface area contributed by atoms with E-state index in [0.717, 1.165) is 5.56 Å². The fourth-order valence-electron chi connectivity index (χ4n) is 1.05. The van der Waals surface area contributed by atoms with Crippen LogP contribution in [0, 0.1) is 6.92 Å². The molecule has 92 valence electrons. The van der Waals surface area contributed by atoms with Crippen LogP contribution in [-0.4, -0.2) is 18.5 Å². The van der Waals surface area contributed by atoms with E-state index in [1.54, 1.807) is 25.1 Å². The van der Waals surface area contributed by atoms with Gasteiger partial charge in [-0.05, 0) is 31.5 Å². The molecule has 0 aromatic heterocycles. The van der Waals surface area contributed by atoms with Gasteiger partial charge in [-0.2, -0.15) is 0 Å². The number of hydrogen-bond donors (Lipinski definition) is 2. The van der Waals surface area contributed by atoms with Crippen LogP contribution in [0.15, 0.2) is 18.2 Å². The molecule has 0 aliphatic carbocycles. The Morgan fingerprint density at radius 3 is 2.71 bits per heavy atom. The molecule has 1 rings (SSSR count). The van der Waals surface area contributed by atoms with Crippen molar-refractivity contribution >= 4 is 29.2 Å². The highest BCUT2D eigenvalue weighted by atomic mass is 35.5. The van der Waals surface area contributed by atoms with Gasteiger partial charge in [-0.15, -0.1) is 0 Å². The van der Waals surface area contributed by atoms with Crippen molar-refractivity contribution < 1.29 is 14.3 Å². The number of hydrazine groups is 1. The summed E-state index contributed by atoms with van der Waals surface area (Å²) in [6.45, 7) is 3.64. The molecular formula is C11H13ClN2O3. The number of rotatable bonds is 3. The third kappa shape index (κ3) is 3.96. The van der Waals surface area contributed by atoms with E-state index >= 15 is 0 Å². The molecule has 0 aliphatic heterocycles. The lowest BCUT2D eigenvalue weighted by molar-refractivity contribution is -0.154. The van der Waals surface area contributed by atoms with E-state index in [1.165, 1.54) is 0 Å². The molecule has 0 unspecified atom stereocenters. The Morgan fingerprint density at radius 1 is 1.41 bits per heavy atom. The smallest absolute Gasteiger partial charge is 0.398 e. The Bertz CT molecular complexity index is 435. The maximum atomic E-state index is 11.2. The van der Waals surface area contributed by atoms with Gasteiger partial charge in [-0.3, -0.25) is 15.6 Å². The molecular weight excluding hydrogens is 244 g/mol. The summed E-state index contributed by atoms with van der Waals surface area (Å²) in [5, 5.41) is 0.570. The number of nitrogens with one attached hydrogen (secondary N) is 2. The van der Waals surface area contributed by atoms with Crippen LogP contribution < -0.4 is 10.9 Å². The van der Waals surface area contributed by atoms with E-state index in [0.29, 0.717) is 10.7 Å². The molecule has 2 N–H and O–H groups in total. The largest absolute Gasteiger partial charge is 0.459 e. The third-order valence-electron chi connectivity index (χ3n) is 1.95. The number of esters is 1. The standard InChI is InChI=1S/C11H13ClN2O3/c1-3-17-11(16)10(15)14-13-8-5-4-7(2)9(12)6-8/h4-6,13H,3H2,1-2H3,(H,14,15). The second kappa shape index (κ2) is 6.10. The summed E-state index contributed by atoms with van der Waals surface area (Å²) in [6, 6.07) is 5.16. The first kappa shape index (κ1) is 13.3. The number of carbonyl (C=O) groups excluding carboxylic acids is 2. The summed E-state index contributed by atoms with van der Waals surface area (Å²) in [5.41, 5.74) is 6.28. The molecule has 17 heavy (non-hydrogen) atoms. The van der Waals surface area contributed by atoms with Crippen molar-refractivity contribution in [1.29, 1.82) is 0 Å². The SMILES string of the molecule is CCOC(=O)C(=O)NNc1ccc(C)c(Cl)c1. The molecule has 0 spiro atoms. The third-order valence-corrected chi connectivity index (χ3v) is 2.36. The van der Waals surface area contributed by atoms with Gasteiger partial charge in [0, 0.05) is 5.02 Å². The average Bonchev–Trinajstić information content (AvgIpc) is 2.30. The first-order valence-corrected chi connectivity index (χ1v) is 5.41. The zero-order valence-electron chi connectivity index (χ0n) is 9.54. The fourth-order valence-corrected chi connectivity index (χ4v) is 1.23. The Balaban J connectivity index is 2.53. The molecule has 0 saturated carbocycles. The normalized spacial score (nSPS) is 9.59. The quantitative estimate of drug-likeness (QED) is 0.490. The van der Waals surface area contributed by atoms with Crippen molar-refractivity contribution in [3.63, 3.8) is 0 Å². The topological polar surface area (TPSA) is 67.4 Å². The number of benzene rings is 1. The van der Waals surface area contributed by atoms with Crippen molar-refractivity contribution in [2.75, 3.05) is 12.0 Å². The number of amides is 1. The first-order chi connectivity index (χ1) is 8.04. The number of halogens is 1. The van der Waals surface area contributed by atoms with Crippen LogP contribution in [0.5, 0.6) is 0 Å². The fraction of sp³-hybridized carbons (Fsp3) is 0.273. The monoisotopic (exact) mass is 256 g/mol. The van der Waals surface area contributed by atoms with Gasteiger partial charge >= 0.3 is 11.9 Å². The lowest BCUT2D eigenvalue weighted by Crippen LogP contribution is -2.36. The number of carbonyl (C=O) groups is 2. The minimum Gasteiger partial charge on any atom is -0.459 e. The van der Waals surface area contributed by atoms with Crippen molar-refractivity contribution in [3.8, 4) is 0 Å². The van der Waals surface area contributed by atoms with E-state index in [4.69, 9.17) is 11.6 Å². The number of ether oxygens (including phenoxy) is 1. The summed E-state index contributed by atoms with van der Waals surface area (Å²) < 4.78 is 4.52. The number of anilines is 1. The lowest BCUT2D eigenvalue weighted by Gasteiger charge is -2.08. The lowest BCUT2D eigenvalue weighted by atomic mass is 10.2. The van der Waals surface area contributed by atoms with Crippen molar-refractivity contribution in [1.82, 2.24) is 5.43 Å². The van der Waals surface area contributed by atoms with Gasteiger partial charge in [0.2, 0.25) is 0 Å². The molecule has 0 radical (unpaired) electrons. The van der Waals surface area contributed by atoms with Crippen molar-refractivity contribution in [2.45, 2.75) is 13.8 Å². The first-order valence-electron chi connectivity index (χ1n) is 5.04. The minimum atomic E-state index is -0.932. The minimum absolute atomic E-state index is 0.155. The average molecular weight is 257 g/mol. The summed E-state index contributed by atoms with van der Waals surface area (Å²) in [7, 11) is 0. The molecule has 0 atom stereocenters. The molecule has 0 aliphatic rings. The van der Waals surface area contributed by atoms with E-state index in [2.05, 4.69) is 15.6 Å². The van der Waals surface area contributed by atoms with Gasteiger partial charge in [0.1, 0.15) is 0 Å². The van der Waals surface area contributed by atoms with Crippen LogP contribution in [0.3, 0.4) is 0 Å². The maximum absolute atomic E-state index is 11.2. The Kier molecular flexibility index (Phi) is 4.78. The summed E-state index contributed by atoms with van der Waals surface area (Å²) >= 11 is 5.90. The van der Waals surface area contributed by atoms with E-state index in [-0.39, 0.29) is 6.61 Å². The van der Waals surface area contributed by atoms with Crippen LogP contribution in [-0.2, 0) is 14.3 Å². The van der Waals surface area contributed by atoms with E-state index in [9.17, 15) is 9.59 Å². The van der Waals surface area contributed by atoms with E-state index < -0.39 is 11.9 Å².